The van der Waals surface area contributed by atoms with E-state index in [2.05, 4.69) is 140 Å². The van der Waals surface area contributed by atoms with Gasteiger partial charge in [-0.1, -0.05) is 78.0 Å². The molecule has 0 saturated heterocycles. The van der Waals surface area contributed by atoms with Crippen molar-refractivity contribution in [1.29, 1.82) is 0 Å². The Hall–Kier alpha value is -2.65. The van der Waals surface area contributed by atoms with Gasteiger partial charge in [0.05, 0.1) is 0 Å². The zero-order chi connectivity index (χ0) is 25.4. The Morgan fingerprint density at radius 2 is 0.912 bits per heavy atom. The van der Waals surface area contributed by atoms with Crippen LogP contribution >= 0.6 is 12.2 Å². The van der Waals surface area contributed by atoms with E-state index in [0.29, 0.717) is 0 Å². The summed E-state index contributed by atoms with van der Waals surface area (Å²) >= 11 is 6.04. The molecule has 2 nitrogen and oxygen atoms in total. The van der Waals surface area contributed by atoms with Crippen LogP contribution in [0.1, 0.15) is 52.7 Å². The second-order valence-corrected chi connectivity index (χ2v) is 12.1. The van der Waals surface area contributed by atoms with Gasteiger partial charge in [-0.25, -0.2) is 0 Å². The normalized spacial score (nSPS) is 14.5. The molecule has 0 amide bonds. The van der Waals surface area contributed by atoms with Crippen LogP contribution in [0, 0.1) is 10.8 Å². The number of allylic oxidation sites excluding steroid dienone is 5. The van der Waals surface area contributed by atoms with Gasteiger partial charge >= 0.3 is 0 Å². The highest BCUT2D eigenvalue weighted by atomic mass is 32.1. The van der Waals surface area contributed by atoms with Crippen molar-refractivity contribution >= 4 is 34.0 Å². The zero-order valence-corrected chi connectivity index (χ0v) is 23.4. The average Bonchev–Trinajstić information content (AvgIpc) is 2.74. The lowest BCUT2D eigenvalue weighted by atomic mass is 9.71. The van der Waals surface area contributed by atoms with Crippen molar-refractivity contribution in [3.63, 3.8) is 0 Å². The monoisotopic (exact) mass is 472 g/mol. The van der Waals surface area contributed by atoms with Crippen LogP contribution in [0.3, 0.4) is 0 Å². The van der Waals surface area contributed by atoms with Crippen LogP contribution in [0.5, 0.6) is 0 Å². The van der Waals surface area contributed by atoms with Crippen LogP contribution in [0.15, 0.2) is 77.4 Å². The number of rotatable bonds is 4. The predicted octanol–water partition coefficient (Wildman–Crippen LogP) is 7.95. The molecule has 2 aromatic carbocycles. The summed E-state index contributed by atoms with van der Waals surface area (Å²) in [5.41, 5.74) is 9.65. The Morgan fingerprint density at radius 1 is 0.588 bits per heavy atom. The van der Waals surface area contributed by atoms with Crippen molar-refractivity contribution in [2.75, 3.05) is 38.0 Å². The summed E-state index contributed by atoms with van der Waals surface area (Å²) in [4.78, 5) is 5.27. The van der Waals surface area contributed by atoms with Crippen molar-refractivity contribution < 1.29 is 0 Å². The summed E-state index contributed by atoms with van der Waals surface area (Å²) < 4.78 is 0. The Bertz CT molecular complexity index is 1050. The maximum atomic E-state index is 6.04. The first kappa shape index (κ1) is 26.0. The summed E-state index contributed by atoms with van der Waals surface area (Å²) in [6, 6.07) is 17.7. The maximum Gasteiger partial charge on any atom is 0.0452 e. The highest BCUT2D eigenvalue weighted by molar-refractivity contribution is 7.81. The molecule has 0 atom stereocenters. The molecule has 1 aliphatic carbocycles. The highest BCUT2D eigenvalue weighted by Gasteiger charge is 2.32. The minimum Gasteiger partial charge on any atom is -0.378 e. The van der Waals surface area contributed by atoms with Gasteiger partial charge in [-0.3, -0.25) is 0 Å². The van der Waals surface area contributed by atoms with Crippen LogP contribution in [-0.4, -0.2) is 33.1 Å². The first-order valence-electron chi connectivity index (χ1n) is 12.0. The van der Waals surface area contributed by atoms with Crippen LogP contribution in [0.4, 0.5) is 11.4 Å². The average molecular weight is 473 g/mol. The van der Waals surface area contributed by atoms with E-state index in [0.717, 1.165) is 4.86 Å². The first-order chi connectivity index (χ1) is 15.7. The Morgan fingerprint density at radius 3 is 1.18 bits per heavy atom. The van der Waals surface area contributed by atoms with E-state index in [1.54, 1.807) is 0 Å². The number of thiocarbonyl (C=S) groups is 1. The topological polar surface area (TPSA) is 6.48 Å². The molecule has 0 unspecified atom stereocenters. The second kappa shape index (κ2) is 9.54. The van der Waals surface area contributed by atoms with Gasteiger partial charge in [-0.15, -0.1) is 0 Å². The van der Waals surface area contributed by atoms with E-state index in [9.17, 15) is 0 Å². The lowest BCUT2D eigenvalue weighted by Crippen LogP contribution is -2.27. The van der Waals surface area contributed by atoms with Crippen molar-refractivity contribution in [2.24, 2.45) is 10.8 Å². The molecule has 0 spiro atoms. The molecule has 0 aromatic heterocycles. The van der Waals surface area contributed by atoms with E-state index in [4.69, 9.17) is 12.2 Å². The highest BCUT2D eigenvalue weighted by Crippen LogP contribution is 2.42. The van der Waals surface area contributed by atoms with Crippen molar-refractivity contribution in [2.45, 2.75) is 41.5 Å². The van der Waals surface area contributed by atoms with Crippen molar-refractivity contribution in [3.05, 3.63) is 88.5 Å². The van der Waals surface area contributed by atoms with E-state index < -0.39 is 0 Å². The van der Waals surface area contributed by atoms with Crippen LogP contribution < -0.4 is 9.80 Å². The molecule has 3 heteroatoms. The summed E-state index contributed by atoms with van der Waals surface area (Å²) in [5.74, 6) is 0. The third-order valence-corrected chi connectivity index (χ3v) is 6.78. The minimum absolute atomic E-state index is 0.0399. The third-order valence-electron chi connectivity index (χ3n) is 6.34. The lowest BCUT2D eigenvalue weighted by Gasteiger charge is -2.34. The second-order valence-electron chi connectivity index (χ2n) is 11.7. The molecule has 2 aromatic rings. The van der Waals surface area contributed by atoms with Gasteiger partial charge in [-0.2, -0.15) is 0 Å². The molecule has 0 N–H and O–H groups in total. The largest absolute Gasteiger partial charge is 0.378 e. The molecule has 0 fully saturated rings. The van der Waals surface area contributed by atoms with Gasteiger partial charge < -0.3 is 9.80 Å². The summed E-state index contributed by atoms with van der Waals surface area (Å²) in [5, 5.41) is 0. The summed E-state index contributed by atoms with van der Waals surface area (Å²) in [6.45, 7) is 13.5. The Labute approximate surface area is 212 Å². The van der Waals surface area contributed by atoms with Crippen molar-refractivity contribution in [1.82, 2.24) is 0 Å². The zero-order valence-electron chi connectivity index (χ0n) is 22.6. The maximum absolute atomic E-state index is 6.04. The van der Waals surface area contributed by atoms with Gasteiger partial charge in [0.1, 0.15) is 0 Å². The number of anilines is 2. The molecule has 0 bridgehead atoms. The van der Waals surface area contributed by atoms with Crippen LogP contribution in [-0.2, 0) is 0 Å². The molecule has 0 heterocycles. The fourth-order valence-corrected chi connectivity index (χ4v) is 4.97. The van der Waals surface area contributed by atoms with Crippen molar-refractivity contribution in [3.8, 4) is 0 Å². The quantitative estimate of drug-likeness (QED) is 0.417. The third kappa shape index (κ3) is 5.52. The van der Waals surface area contributed by atoms with Crippen LogP contribution in [0.25, 0.3) is 5.57 Å². The van der Waals surface area contributed by atoms with Gasteiger partial charge in [0.25, 0.3) is 0 Å². The minimum atomic E-state index is -0.0399. The molecule has 180 valence electrons. The number of hydrogen-bond acceptors (Lipinski definition) is 3. The first-order valence-corrected chi connectivity index (χ1v) is 12.4. The van der Waals surface area contributed by atoms with Gasteiger partial charge in [0.2, 0.25) is 0 Å². The van der Waals surface area contributed by atoms with Gasteiger partial charge in [0.15, 0.2) is 0 Å². The summed E-state index contributed by atoms with van der Waals surface area (Å²) in [6.07, 6.45) is 4.65. The molecule has 34 heavy (non-hydrogen) atoms. The molecule has 0 radical (unpaired) electrons. The number of hydrogen-bond donors (Lipinski definition) is 0. The standard InChI is InChI=1S/C31H40N2S/c1-30(2,3)26-19-23(20-27(29(26)34)31(4,5)6)28(21-11-15-24(16-12-21)32(7)8)22-13-17-25(18-14-22)33(9)10/h11-20H,1-10H3. The lowest BCUT2D eigenvalue weighted by molar-refractivity contribution is 0.506. The van der Waals surface area contributed by atoms with E-state index >= 15 is 0 Å². The van der Waals surface area contributed by atoms with E-state index in [1.165, 1.54) is 44.8 Å². The smallest absolute Gasteiger partial charge is 0.0452 e. The molecule has 0 saturated carbocycles. The molecule has 1 aliphatic rings. The molecule has 0 aliphatic heterocycles. The molecule has 3 rings (SSSR count). The Balaban J connectivity index is 2.36. The molecular formula is C31H40N2S. The number of benzene rings is 2. The Kier molecular flexibility index (Phi) is 7.28. The van der Waals surface area contributed by atoms with Gasteiger partial charge in [-0.05, 0) is 80.7 Å². The van der Waals surface area contributed by atoms with E-state index in [-0.39, 0.29) is 10.8 Å². The van der Waals surface area contributed by atoms with E-state index in [1.807, 2.05) is 0 Å². The predicted molar refractivity (Wildman–Crippen MR) is 155 cm³/mol. The fourth-order valence-electron chi connectivity index (χ4n) is 4.24. The molecular weight excluding hydrogens is 432 g/mol. The van der Waals surface area contributed by atoms with Crippen LogP contribution in [0.2, 0.25) is 0 Å². The number of nitrogens with zero attached hydrogens (tertiary/aromatic N) is 2. The van der Waals surface area contributed by atoms with Gasteiger partial charge in [0, 0.05) is 44.4 Å². The fraction of sp³-hybridized carbons (Fsp3) is 0.387. The SMILES string of the molecule is CN(C)c1ccc(C(=C2C=C(C(C)(C)C)C(=S)C(C(C)(C)C)=C2)c2ccc(N(C)C)cc2)cc1. The summed E-state index contributed by atoms with van der Waals surface area (Å²) in [7, 11) is 8.31.